The second-order valence-corrected chi connectivity index (χ2v) is 7.12. The van der Waals surface area contributed by atoms with Crippen molar-refractivity contribution in [1.82, 2.24) is 0 Å². The van der Waals surface area contributed by atoms with E-state index >= 15 is 0 Å². The fourth-order valence-electron chi connectivity index (χ4n) is 2.11. The second-order valence-electron chi connectivity index (χ2n) is 5.73. The van der Waals surface area contributed by atoms with Gasteiger partial charge in [-0.05, 0) is 30.5 Å². The molecule has 0 aliphatic heterocycles. The van der Waals surface area contributed by atoms with Gasteiger partial charge in [-0.2, -0.15) is 8.42 Å². The summed E-state index contributed by atoms with van der Waals surface area (Å²) in [6, 6.07) is 15.4. The van der Waals surface area contributed by atoms with Crippen LogP contribution in [0.3, 0.4) is 0 Å². The van der Waals surface area contributed by atoms with Crippen molar-refractivity contribution in [3.8, 4) is 0 Å². The summed E-state index contributed by atoms with van der Waals surface area (Å²) in [6.07, 6.45) is 1.56. The van der Waals surface area contributed by atoms with Crippen LogP contribution >= 0.6 is 0 Å². The highest BCUT2D eigenvalue weighted by atomic mass is 32.2. The number of rotatable bonds is 6. The van der Waals surface area contributed by atoms with Crippen LogP contribution in [0, 0.1) is 6.92 Å². The molecular weight excluding hydrogens is 354 g/mol. The van der Waals surface area contributed by atoms with E-state index in [0.717, 1.165) is 12.0 Å². The molecule has 0 unspecified atom stereocenters. The van der Waals surface area contributed by atoms with Crippen LogP contribution in [-0.2, 0) is 26.3 Å². The Kier molecular flexibility index (Phi) is 8.98. The van der Waals surface area contributed by atoms with Crippen LogP contribution in [0.4, 0.5) is 0 Å². The van der Waals surface area contributed by atoms with Crippen LogP contribution in [0.1, 0.15) is 30.9 Å². The monoisotopic (exact) mass is 379 g/mol. The summed E-state index contributed by atoms with van der Waals surface area (Å²) in [5.41, 5.74) is 7.15. The Morgan fingerprint density at radius 2 is 1.69 bits per heavy atom. The maximum absolute atomic E-state index is 11.4. The fraction of sp³-hybridized carbons (Fsp3) is 0.316. The van der Waals surface area contributed by atoms with Gasteiger partial charge in [0.1, 0.15) is 12.6 Å². The number of hydrogen-bond donors (Lipinski definition) is 2. The first kappa shape index (κ1) is 21.8. The predicted octanol–water partition coefficient (Wildman–Crippen LogP) is 3.10. The molecular formula is C19H25NO5S. The zero-order valence-electron chi connectivity index (χ0n) is 15.0. The second kappa shape index (κ2) is 10.7. The van der Waals surface area contributed by atoms with E-state index in [9.17, 15) is 13.2 Å². The van der Waals surface area contributed by atoms with Crippen molar-refractivity contribution in [3.63, 3.8) is 0 Å². The molecule has 0 aliphatic carbocycles. The van der Waals surface area contributed by atoms with Crippen molar-refractivity contribution in [2.24, 2.45) is 5.73 Å². The predicted molar refractivity (Wildman–Crippen MR) is 100 cm³/mol. The lowest BCUT2D eigenvalue weighted by Gasteiger charge is -2.10. The first-order valence-electron chi connectivity index (χ1n) is 8.25. The van der Waals surface area contributed by atoms with Gasteiger partial charge in [-0.3, -0.25) is 9.35 Å². The highest BCUT2D eigenvalue weighted by Gasteiger charge is 2.13. The molecule has 0 aromatic heterocycles. The van der Waals surface area contributed by atoms with Gasteiger partial charge in [0.25, 0.3) is 10.1 Å². The van der Waals surface area contributed by atoms with Gasteiger partial charge in [-0.1, -0.05) is 61.9 Å². The van der Waals surface area contributed by atoms with Crippen LogP contribution in [-0.4, -0.2) is 25.0 Å². The first-order chi connectivity index (χ1) is 12.3. The molecule has 0 amide bonds. The van der Waals surface area contributed by atoms with E-state index in [2.05, 4.69) is 0 Å². The third kappa shape index (κ3) is 7.77. The van der Waals surface area contributed by atoms with E-state index in [1.54, 1.807) is 25.1 Å². The van der Waals surface area contributed by atoms with Crippen molar-refractivity contribution in [3.05, 3.63) is 65.7 Å². The van der Waals surface area contributed by atoms with Gasteiger partial charge in [-0.15, -0.1) is 0 Å². The maximum atomic E-state index is 11.4. The minimum atomic E-state index is -4.03. The van der Waals surface area contributed by atoms with Crippen molar-refractivity contribution < 1.29 is 22.5 Å². The summed E-state index contributed by atoms with van der Waals surface area (Å²) in [5, 5.41) is 0. The van der Waals surface area contributed by atoms with Crippen molar-refractivity contribution in [2.75, 3.05) is 0 Å². The molecule has 0 radical (unpaired) electrons. The van der Waals surface area contributed by atoms with Gasteiger partial charge in [-0.25, -0.2) is 0 Å². The molecule has 0 fully saturated rings. The van der Waals surface area contributed by atoms with E-state index < -0.39 is 16.2 Å². The minimum absolute atomic E-state index is 0.0278. The number of nitrogens with two attached hydrogens (primary N) is 1. The van der Waals surface area contributed by atoms with Crippen LogP contribution in [0.5, 0.6) is 0 Å². The average Bonchev–Trinajstić information content (AvgIpc) is 2.60. The van der Waals surface area contributed by atoms with E-state index in [4.69, 9.17) is 15.0 Å². The number of hydrogen-bond acceptors (Lipinski definition) is 5. The molecule has 0 bridgehead atoms. The normalized spacial score (nSPS) is 11.8. The summed E-state index contributed by atoms with van der Waals surface area (Å²) < 4.78 is 34.9. The molecule has 0 spiro atoms. The Morgan fingerprint density at radius 3 is 2.19 bits per heavy atom. The summed E-state index contributed by atoms with van der Waals surface area (Å²) >= 11 is 0. The van der Waals surface area contributed by atoms with Gasteiger partial charge < -0.3 is 10.5 Å². The van der Waals surface area contributed by atoms with Crippen LogP contribution in [0.15, 0.2) is 59.5 Å². The number of benzene rings is 2. The van der Waals surface area contributed by atoms with E-state index in [-0.39, 0.29) is 10.9 Å². The van der Waals surface area contributed by atoms with Gasteiger partial charge in [0.05, 0.1) is 4.90 Å². The Labute approximate surface area is 154 Å². The molecule has 6 nitrogen and oxygen atoms in total. The van der Waals surface area contributed by atoms with Crippen molar-refractivity contribution in [1.29, 1.82) is 0 Å². The number of ether oxygens (including phenoxy) is 1. The summed E-state index contributed by atoms with van der Waals surface area (Å²) in [6.45, 7) is 3.92. The molecule has 142 valence electrons. The molecule has 0 saturated heterocycles. The first-order valence-corrected chi connectivity index (χ1v) is 9.69. The zero-order chi connectivity index (χ0) is 19.6. The lowest BCUT2D eigenvalue weighted by atomic mass is 10.2. The third-order valence-electron chi connectivity index (χ3n) is 3.50. The summed E-state index contributed by atoms with van der Waals surface area (Å²) in [7, 11) is -4.03. The molecule has 2 aromatic rings. The van der Waals surface area contributed by atoms with Gasteiger partial charge in [0.15, 0.2) is 0 Å². The Hall–Kier alpha value is -2.22. The zero-order valence-corrected chi connectivity index (χ0v) is 15.8. The highest BCUT2D eigenvalue weighted by molar-refractivity contribution is 7.85. The lowest BCUT2D eigenvalue weighted by molar-refractivity contribution is -0.146. The highest BCUT2D eigenvalue weighted by Crippen LogP contribution is 2.12. The van der Waals surface area contributed by atoms with Crippen molar-refractivity contribution in [2.45, 2.75) is 44.2 Å². The number of carbonyl (C=O) groups is 1. The molecule has 0 saturated carbocycles. The Balaban J connectivity index is 0.000000273. The average molecular weight is 379 g/mol. The topological polar surface area (TPSA) is 107 Å². The SMILES string of the molecule is CCC[C@H](N)C(=O)OCc1ccccc1.Cc1ccccc1S(=O)(=O)O. The smallest absolute Gasteiger partial charge is 0.323 e. The van der Waals surface area contributed by atoms with Crippen molar-refractivity contribution >= 4 is 16.1 Å². The molecule has 0 heterocycles. The molecule has 1 atom stereocenters. The lowest BCUT2D eigenvalue weighted by Crippen LogP contribution is -2.31. The molecule has 26 heavy (non-hydrogen) atoms. The third-order valence-corrected chi connectivity index (χ3v) is 4.51. The van der Waals surface area contributed by atoms with Gasteiger partial charge >= 0.3 is 5.97 Å². The summed E-state index contributed by atoms with van der Waals surface area (Å²) in [5.74, 6) is -0.319. The van der Waals surface area contributed by atoms with Gasteiger partial charge in [0.2, 0.25) is 0 Å². The van der Waals surface area contributed by atoms with Crippen LogP contribution < -0.4 is 5.73 Å². The fourth-order valence-corrected chi connectivity index (χ4v) is 2.84. The standard InChI is InChI=1S/C12H17NO2.C7H8O3S/c1-2-6-11(13)12(14)15-9-10-7-4-3-5-8-10;1-6-4-2-3-5-7(6)11(8,9)10/h3-5,7-8,11H,2,6,9,13H2,1H3;2-5H,1H3,(H,8,9,10)/t11-;/m0./s1. The molecule has 7 heteroatoms. The molecule has 0 aliphatic rings. The van der Waals surface area contributed by atoms with E-state index in [0.29, 0.717) is 18.6 Å². The van der Waals surface area contributed by atoms with Crippen LogP contribution in [0.2, 0.25) is 0 Å². The number of carbonyl (C=O) groups excluding carboxylic acids is 1. The maximum Gasteiger partial charge on any atom is 0.323 e. The summed E-state index contributed by atoms with van der Waals surface area (Å²) in [4.78, 5) is 11.3. The largest absolute Gasteiger partial charge is 0.460 e. The van der Waals surface area contributed by atoms with Gasteiger partial charge in [0, 0.05) is 0 Å². The number of esters is 1. The molecule has 2 aromatic carbocycles. The Bertz CT molecular complexity index is 791. The van der Waals surface area contributed by atoms with E-state index in [1.807, 2.05) is 37.3 Å². The minimum Gasteiger partial charge on any atom is -0.460 e. The van der Waals surface area contributed by atoms with Crippen LogP contribution in [0.25, 0.3) is 0 Å². The number of aryl methyl sites for hydroxylation is 1. The van der Waals surface area contributed by atoms with E-state index in [1.165, 1.54) is 6.07 Å². The quantitative estimate of drug-likeness (QED) is 0.590. The molecule has 3 N–H and O–H groups in total. The Morgan fingerprint density at radius 1 is 1.12 bits per heavy atom. The molecule has 2 rings (SSSR count).